The molecule has 10 aliphatic carbocycles. The topological polar surface area (TPSA) is 156 Å². The van der Waals surface area contributed by atoms with Crippen LogP contribution < -0.4 is 16.0 Å². The van der Waals surface area contributed by atoms with Crippen LogP contribution >= 0.6 is 0 Å². The first-order chi connectivity index (χ1) is 34.4. The molecule has 0 saturated heterocycles. The van der Waals surface area contributed by atoms with Crippen molar-refractivity contribution in [2.75, 3.05) is 21.3 Å². The molecule has 0 radical (unpaired) electrons. The summed E-state index contributed by atoms with van der Waals surface area (Å²) in [5, 5.41) is 10.0. The van der Waals surface area contributed by atoms with Gasteiger partial charge in [-0.25, -0.2) is 24.0 Å². The summed E-state index contributed by atoms with van der Waals surface area (Å²) in [5.41, 5.74) is 2.57. The van der Waals surface area contributed by atoms with Gasteiger partial charge in [0.1, 0.15) is 6.04 Å². The average molecular weight is 972 g/mol. The Morgan fingerprint density at radius 1 is 0.479 bits per heavy atom. The summed E-state index contributed by atoms with van der Waals surface area (Å²) in [7, 11) is 4.21. The number of hydrogen-bond donors (Lipinski definition) is 3. The predicted molar refractivity (Wildman–Crippen MR) is 270 cm³/mol. The van der Waals surface area contributed by atoms with Gasteiger partial charge in [0.2, 0.25) is 0 Å². The summed E-state index contributed by atoms with van der Waals surface area (Å²) in [6, 6.07) is 27.7. The van der Waals surface area contributed by atoms with Crippen molar-refractivity contribution in [3.8, 4) is 0 Å². The Labute approximate surface area is 420 Å². The first-order valence-corrected chi connectivity index (χ1v) is 26.7. The van der Waals surface area contributed by atoms with Gasteiger partial charge in [0, 0.05) is 30.2 Å². The zero-order chi connectivity index (χ0) is 49.8. The second kappa shape index (κ2) is 22.6. The second-order valence-electron chi connectivity index (χ2n) is 22.4. The minimum absolute atomic E-state index is 0.0840. The van der Waals surface area contributed by atoms with E-state index < -0.39 is 18.1 Å². The van der Waals surface area contributed by atoms with E-state index in [0.29, 0.717) is 29.7 Å². The Morgan fingerprint density at radius 3 is 1.24 bits per heavy atom. The van der Waals surface area contributed by atoms with Crippen molar-refractivity contribution in [1.29, 1.82) is 0 Å². The van der Waals surface area contributed by atoms with Crippen LogP contribution in [0.25, 0.3) is 0 Å². The molecular formula is C58H77N5O8. The second-order valence-corrected chi connectivity index (χ2v) is 22.4. The van der Waals surface area contributed by atoms with E-state index in [4.69, 9.17) is 14.2 Å². The SMILES string of the molecule is COC(=O)C(NC1CC1)c1ccccc1.COC(=O)C(c1ccccc1)N(C(=O)NC1C2CC3CC(C2)CC1C3)C(C)C.COC(=O)C(c1ccccc1)N(C(=O)NC1C2CC3CC(C2)CC1C3)C1CC1. The lowest BCUT2D eigenvalue weighted by Crippen LogP contribution is -2.59. The first kappa shape index (κ1) is 50.5. The van der Waals surface area contributed by atoms with E-state index in [1.807, 2.05) is 105 Å². The smallest absolute Gasteiger partial charge is 0.333 e. The molecule has 10 saturated carbocycles. The van der Waals surface area contributed by atoms with Crippen LogP contribution in [0.3, 0.4) is 0 Å². The molecule has 0 heterocycles. The standard InChI is InChI=1S/C23H30N2O3.C23H32N2O3.C12H15NO2/c1-28-22(26)21(16-5-3-2-4-6-16)25(19-7-8-19)23(27)24-20-17-10-14-9-15(12-17)13-18(20)11-14;1-14(2)25(21(22(26)28-3)17-7-5-4-6-8-17)23(27)24-20-18-10-15-9-16(12-18)13-19(20)11-15;1-15-12(14)11(13-10-7-8-10)9-5-3-2-4-6-9/h2-6,14-15,17-21H,7-13H2,1H3,(H,24,27);4-8,14-16,18-21H,9-13H2,1-3H3,(H,24,27);2-6,10-11,13H,7-8H2,1H3. The average Bonchev–Trinajstić information content (AvgIpc) is 4.33. The van der Waals surface area contributed by atoms with Gasteiger partial charge in [-0.05, 0) is 168 Å². The zero-order valence-corrected chi connectivity index (χ0v) is 42.5. The third kappa shape index (κ3) is 11.8. The summed E-state index contributed by atoms with van der Waals surface area (Å²) in [5.74, 6) is 4.94. The van der Waals surface area contributed by atoms with Gasteiger partial charge in [-0.1, -0.05) is 91.0 Å². The number of hydrogen-bond acceptors (Lipinski definition) is 9. The lowest BCUT2D eigenvalue weighted by molar-refractivity contribution is -0.147. The molecule has 3 N–H and O–H groups in total. The van der Waals surface area contributed by atoms with Crippen LogP contribution in [0.4, 0.5) is 9.59 Å². The number of methoxy groups -OCH3 is 3. The minimum Gasteiger partial charge on any atom is -0.468 e. The number of carbonyl (C=O) groups is 5. The van der Waals surface area contributed by atoms with Crippen molar-refractivity contribution < 1.29 is 38.2 Å². The lowest BCUT2D eigenvalue weighted by Gasteiger charge is -2.54. The van der Waals surface area contributed by atoms with Gasteiger partial charge >= 0.3 is 30.0 Å². The highest BCUT2D eigenvalue weighted by Gasteiger charge is 2.52. The number of amides is 4. The van der Waals surface area contributed by atoms with Crippen LogP contribution in [0.1, 0.15) is 139 Å². The summed E-state index contributed by atoms with van der Waals surface area (Å²) < 4.78 is 15.0. The molecule has 13 rings (SSSR count). The van der Waals surface area contributed by atoms with Gasteiger partial charge in [-0.15, -0.1) is 0 Å². The Bertz CT molecular complexity index is 2120. The number of rotatable bonds is 14. The largest absolute Gasteiger partial charge is 0.468 e. The lowest BCUT2D eigenvalue weighted by atomic mass is 9.54. The van der Waals surface area contributed by atoms with Gasteiger partial charge in [0.25, 0.3) is 0 Å². The molecule has 3 aromatic carbocycles. The summed E-state index contributed by atoms with van der Waals surface area (Å²) >= 11 is 0. The highest BCUT2D eigenvalue weighted by molar-refractivity contribution is 5.86. The van der Waals surface area contributed by atoms with Crippen LogP contribution in [0.5, 0.6) is 0 Å². The molecule has 3 unspecified atom stereocenters. The first-order valence-electron chi connectivity index (χ1n) is 26.7. The number of urea groups is 2. The number of nitrogens with one attached hydrogen (secondary N) is 3. The van der Waals surface area contributed by atoms with Crippen LogP contribution in [-0.2, 0) is 28.6 Å². The van der Waals surface area contributed by atoms with E-state index in [-0.39, 0.29) is 54.2 Å². The molecule has 0 spiro atoms. The summed E-state index contributed by atoms with van der Waals surface area (Å²) in [6.45, 7) is 3.91. The number of esters is 3. The van der Waals surface area contributed by atoms with E-state index in [1.54, 1.807) is 9.80 Å². The fourth-order valence-corrected chi connectivity index (χ4v) is 14.1. The van der Waals surface area contributed by atoms with Crippen molar-refractivity contribution in [2.45, 2.75) is 152 Å². The zero-order valence-electron chi connectivity index (χ0n) is 42.5. The predicted octanol–water partition coefficient (Wildman–Crippen LogP) is 9.70. The van der Waals surface area contributed by atoms with Crippen LogP contribution in [0.2, 0.25) is 0 Å². The molecular weight excluding hydrogens is 895 g/mol. The van der Waals surface area contributed by atoms with Crippen LogP contribution in [0.15, 0.2) is 91.0 Å². The molecule has 382 valence electrons. The summed E-state index contributed by atoms with van der Waals surface area (Å²) in [6.07, 6.45) is 17.1. The molecule has 3 atom stereocenters. The van der Waals surface area contributed by atoms with Crippen molar-refractivity contribution in [3.63, 3.8) is 0 Å². The van der Waals surface area contributed by atoms with Gasteiger partial charge < -0.3 is 34.6 Å². The molecule has 4 amide bonds. The third-order valence-corrected chi connectivity index (χ3v) is 17.2. The number of carbonyl (C=O) groups excluding carboxylic acids is 5. The van der Waals surface area contributed by atoms with Gasteiger partial charge in [-0.2, -0.15) is 0 Å². The van der Waals surface area contributed by atoms with Gasteiger partial charge in [0.15, 0.2) is 12.1 Å². The number of benzene rings is 3. The number of ether oxygens (including phenoxy) is 3. The normalized spacial score (nSPS) is 29.4. The number of nitrogens with zero attached hydrogens (tertiary/aromatic N) is 2. The molecule has 13 heteroatoms. The monoisotopic (exact) mass is 972 g/mol. The Kier molecular flexibility index (Phi) is 16.0. The van der Waals surface area contributed by atoms with Crippen molar-refractivity contribution in [2.24, 2.45) is 47.3 Å². The Hall–Kier alpha value is -5.43. The van der Waals surface area contributed by atoms with Crippen LogP contribution in [-0.4, -0.2) is 91.3 Å². The molecule has 10 fully saturated rings. The molecule has 10 aliphatic rings. The molecule has 8 bridgehead atoms. The van der Waals surface area contributed by atoms with Crippen LogP contribution in [0, 0.1) is 47.3 Å². The Morgan fingerprint density at radius 2 is 0.859 bits per heavy atom. The van der Waals surface area contributed by atoms with E-state index >= 15 is 0 Å². The van der Waals surface area contributed by atoms with E-state index in [2.05, 4.69) is 16.0 Å². The Balaban J connectivity index is 0.000000138. The highest BCUT2D eigenvalue weighted by Crippen LogP contribution is 2.55. The maximum Gasteiger partial charge on any atom is 0.333 e. The molecule has 13 nitrogen and oxygen atoms in total. The molecule has 0 aliphatic heterocycles. The van der Waals surface area contributed by atoms with Crippen molar-refractivity contribution >= 4 is 30.0 Å². The van der Waals surface area contributed by atoms with E-state index in [0.717, 1.165) is 66.0 Å². The maximum atomic E-state index is 13.5. The molecule has 71 heavy (non-hydrogen) atoms. The van der Waals surface area contributed by atoms with Crippen molar-refractivity contribution in [3.05, 3.63) is 108 Å². The van der Waals surface area contributed by atoms with Gasteiger partial charge in [-0.3, -0.25) is 5.32 Å². The summed E-state index contributed by atoms with van der Waals surface area (Å²) in [4.78, 5) is 67.2. The van der Waals surface area contributed by atoms with Crippen molar-refractivity contribution in [1.82, 2.24) is 25.8 Å². The molecule has 0 aromatic heterocycles. The quantitative estimate of drug-likeness (QED) is 0.106. The fraction of sp³-hybridized carbons (Fsp3) is 0.603. The fourth-order valence-electron chi connectivity index (χ4n) is 14.1. The highest BCUT2D eigenvalue weighted by atomic mass is 16.5. The molecule has 3 aromatic rings. The maximum absolute atomic E-state index is 13.5. The van der Waals surface area contributed by atoms with E-state index in [1.165, 1.54) is 85.5 Å². The van der Waals surface area contributed by atoms with Gasteiger partial charge in [0.05, 0.1) is 21.3 Å². The van der Waals surface area contributed by atoms with E-state index in [9.17, 15) is 24.0 Å². The minimum atomic E-state index is -0.733. The third-order valence-electron chi connectivity index (χ3n) is 17.2.